The number of carbonyl (C=O) groups is 1. The molecule has 3 N–H and O–H groups in total. The summed E-state index contributed by atoms with van der Waals surface area (Å²) in [7, 11) is 0. The van der Waals surface area contributed by atoms with Gasteiger partial charge in [0.1, 0.15) is 16.9 Å². The summed E-state index contributed by atoms with van der Waals surface area (Å²) in [6.07, 6.45) is 3.25. The summed E-state index contributed by atoms with van der Waals surface area (Å²) in [6, 6.07) is 3.02. The van der Waals surface area contributed by atoms with E-state index in [-0.39, 0.29) is 17.2 Å². The van der Waals surface area contributed by atoms with Crippen LogP contribution in [0.4, 0.5) is 4.79 Å². The van der Waals surface area contributed by atoms with Crippen molar-refractivity contribution < 1.29 is 19.7 Å². The molecule has 0 spiro atoms. The number of thiazole rings is 1. The van der Waals surface area contributed by atoms with Crippen molar-refractivity contribution in [3.8, 4) is 5.75 Å². The summed E-state index contributed by atoms with van der Waals surface area (Å²) in [5.74, 6) is 1.72. The highest BCUT2D eigenvalue weighted by molar-refractivity contribution is 9.09. The lowest BCUT2D eigenvalue weighted by atomic mass is 10.1. The number of aromatic hydroxyl groups is 1. The van der Waals surface area contributed by atoms with E-state index < -0.39 is 17.8 Å². The highest BCUT2D eigenvalue weighted by atomic mass is 79.9. The molecule has 1 aromatic carbocycles. The van der Waals surface area contributed by atoms with E-state index in [1.165, 1.54) is 30.2 Å². The van der Waals surface area contributed by atoms with E-state index in [9.17, 15) is 19.8 Å². The first-order chi connectivity index (χ1) is 15.1. The van der Waals surface area contributed by atoms with Crippen LogP contribution in [0.15, 0.2) is 16.9 Å². The van der Waals surface area contributed by atoms with Crippen molar-refractivity contribution in [2.75, 3.05) is 29.9 Å². The average Bonchev–Trinajstić information content (AvgIpc) is 3.10. The van der Waals surface area contributed by atoms with E-state index in [4.69, 9.17) is 4.74 Å². The van der Waals surface area contributed by atoms with Gasteiger partial charge in [-0.3, -0.25) is 4.79 Å². The van der Waals surface area contributed by atoms with Gasteiger partial charge in [0.25, 0.3) is 0 Å². The molecule has 0 unspecified atom stereocenters. The number of rotatable bonds is 12. The third kappa shape index (κ3) is 8.61. The van der Waals surface area contributed by atoms with E-state index in [0.29, 0.717) is 22.3 Å². The number of unbranched alkanes of at least 4 members (excludes halogenated alkanes) is 3. The number of amides is 1. The number of aliphatic hydroxyl groups excluding tert-OH is 1. The third-order valence-electron chi connectivity index (χ3n) is 4.67. The molecule has 1 amide bonds. The molecule has 1 heterocycles. The SMILES string of the molecule is CC(C)(C)OC(=O)N(CCSCCCCCCBr)C[C@H](O)c1ccc(O)c2[nH]c(=O)sc12. The zero-order valence-electron chi connectivity index (χ0n) is 18.9. The van der Waals surface area contributed by atoms with Crippen molar-refractivity contribution in [3.05, 3.63) is 27.4 Å². The van der Waals surface area contributed by atoms with Crippen molar-refractivity contribution >= 4 is 55.3 Å². The second-order valence-corrected chi connectivity index (χ2v) is 11.6. The smallest absolute Gasteiger partial charge is 0.410 e. The summed E-state index contributed by atoms with van der Waals surface area (Å²) in [4.78, 5) is 28.3. The second kappa shape index (κ2) is 12.9. The number of ether oxygens (including phenoxy) is 1. The topological polar surface area (TPSA) is 103 Å². The Balaban J connectivity index is 2.03. The van der Waals surface area contributed by atoms with Gasteiger partial charge in [-0.2, -0.15) is 11.8 Å². The Morgan fingerprint density at radius 2 is 1.97 bits per heavy atom. The van der Waals surface area contributed by atoms with Crippen molar-refractivity contribution in [1.29, 1.82) is 0 Å². The molecule has 1 atom stereocenters. The summed E-state index contributed by atoms with van der Waals surface area (Å²) in [6.45, 7) is 5.90. The fourth-order valence-electron chi connectivity index (χ4n) is 3.12. The maximum atomic E-state index is 12.8. The van der Waals surface area contributed by atoms with Gasteiger partial charge in [-0.25, -0.2) is 4.79 Å². The fourth-order valence-corrected chi connectivity index (χ4v) is 5.40. The highest BCUT2D eigenvalue weighted by Gasteiger charge is 2.26. The number of phenolic OH excluding ortho intramolecular Hbond substituents is 1. The molecule has 10 heteroatoms. The van der Waals surface area contributed by atoms with E-state index in [2.05, 4.69) is 20.9 Å². The number of alkyl halides is 1. The van der Waals surface area contributed by atoms with Crippen LogP contribution in [-0.2, 0) is 4.74 Å². The van der Waals surface area contributed by atoms with Crippen molar-refractivity contribution in [2.45, 2.75) is 58.2 Å². The van der Waals surface area contributed by atoms with Gasteiger partial charge in [0.2, 0.25) is 0 Å². The summed E-state index contributed by atoms with van der Waals surface area (Å²) < 4.78 is 6.03. The summed E-state index contributed by atoms with van der Waals surface area (Å²) in [5, 5.41) is 21.9. The van der Waals surface area contributed by atoms with Crippen LogP contribution in [0, 0.1) is 0 Å². The molecule has 0 saturated heterocycles. The molecule has 32 heavy (non-hydrogen) atoms. The highest BCUT2D eigenvalue weighted by Crippen LogP contribution is 2.32. The van der Waals surface area contributed by atoms with Gasteiger partial charge in [-0.1, -0.05) is 46.2 Å². The van der Waals surface area contributed by atoms with Crippen LogP contribution in [0.2, 0.25) is 0 Å². The Labute approximate surface area is 205 Å². The molecule has 7 nitrogen and oxygen atoms in total. The number of fused-ring (bicyclic) bond motifs is 1. The Hall–Kier alpha value is -1.23. The quantitative estimate of drug-likeness (QED) is 0.247. The number of H-pyrrole nitrogens is 1. The van der Waals surface area contributed by atoms with Gasteiger partial charge in [-0.15, -0.1) is 0 Å². The van der Waals surface area contributed by atoms with Crippen LogP contribution < -0.4 is 4.87 Å². The van der Waals surface area contributed by atoms with Crippen LogP contribution in [-0.4, -0.2) is 61.7 Å². The molecule has 180 valence electrons. The second-order valence-electron chi connectivity index (χ2n) is 8.55. The molecular formula is C22H33BrN2O5S2. The number of aliphatic hydroxyl groups is 1. The molecular weight excluding hydrogens is 516 g/mol. The standard InChI is InChI=1S/C22H33BrN2O5S2/c1-22(2,3)30-21(29)25(11-13-31-12-7-5-4-6-10-23)14-17(27)15-8-9-16(26)18-19(15)32-20(28)24-18/h8-9,17,26-27H,4-7,10-14H2,1-3H3,(H,24,28)/t17-/m0/s1. The average molecular weight is 550 g/mol. The zero-order valence-corrected chi connectivity index (χ0v) is 22.1. The van der Waals surface area contributed by atoms with Gasteiger partial charge < -0.3 is 24.8 Å². The maximum absolute atomic E-state index is 12.8. The molecule has 0 radical (unpaired) electrons. The van der Waals surface area contributed by atoms with Gasteiger partial charge in [0, 0.05) is 23.2 Å². The number of benzene rings is 1. The predicted octanol–water partition coefficient (Wildman–Crippen LogP) is 5.25. The van der Waals surface area contributed by atoms with Crippen molar-refractivity contribution in [3.63, 3.8) is 0 Å². The minimum atomic E-state index is -1.02. The minimum absolute atomic E-state index is 0.0344. The summed E-state index contributed by atoms with van der Waals surface area (Å²) in [5.41, 5.74) is 0.152. The number of aromatic amines is 1. The van der Waals surface area contributed by atoms with E-state index in [0.717, 1.165) is 34.6 Å². The third-order valence-corrected chi connectivity index (χ3v) is 7.21. The number of hydrogen-bond donors (Lipinski definition) is 3. The molecule has 2 aromatic rings. The van der Waals surface area contributed by atoms with Crippen LogP contribution in [0.1, 0.15) is 58.1 Å². The number of hydrogen-bond acceptors (Lipinski definition) is 7. The first-order valence-electron chi connectivity index (χ1n) is 10.8. The van der Waals surface area contributed by atoms with E-state index in [1.807, 2.05) is 20.8 Å². The van der Waals surface area contributed by atoms with Crippen LogP contribution in [0.25, 0.3) is 10.2 Å². The monoisotopic (exact) mass is 548 g/mol. The van der Waals surface area contributed by atoms with E-state index in [1.54, 1.807) is 17.8 Å². The summed E-state index contributed by atoms with van der Waals surface area (Å²) >= 11 is 6.16. The largest absolute Gasteiger partial charge is 0.506 e. The molecule has 0 aliphatic carbocycles. The maximum Gasteiger partial charge on any atom is 0.410 e. The van der Waals surface area contributed by atoms with Gasteiger partial charge in [0.05, 0.1) is 17.3 Å². The molecule has 0 aliphatic heterocycles. The fraction of sp³-hybridized carbons (Fsp3) is 0.636. The van der Waals surface area contributed by atoms with Crippen LogP contribution >= 0.6 is 39.0 Å². The number of nitrogens with one attached hydrogen (secondary N) is 1. The van der Waals surface area contributed by atoms with Crippen LogP contribution in [0.5, 0.6) is 5.75 Å². The zero-order chi connectivity index (χ0) is 23.7. The number of aromatic nitrogens is 1. The van der Waals surface area contributed by atoms with Gasteiger partial charge in [0.15, 0.2) is 0 Å². The van der Waals surface area contributed by atoms with E-state index >= 15 is 0 Å². The lowest BCUT2D eigenvalue weighted by molar-refractivity contribution is 0.0161. The minimum Gasteiger partial charge on any atom is -0.506 e. The first kappa shape index (κ1) is 27.0. The number of phenols is 1. The molecule has 0 saturated carbocycles. The number of nitrogens with zero attached hydrogens (tertiary/aromatic N) is 1. The molecule has 0 fully saturated rings. The van der Waals surface area contributed by atoms with Gasteiger partial charge in [-0.05, 0) is 45.4 Å². The van der Waals surface area contributed by atoms with Gasteiger partial charge >= 0.3 is 11.0 Å². The van der Waals surface area contributed by atoms with Crippen molar-refractivity contribution in [2.24, 2.45) is 0 Å². The molecule has 2 rings (SSSR count). The van der Waals surface area contributed by atoms with Crippen LogP contribution in [0.3, 0.4) is 0 Å². The normalized spacial score (nSPS) is 12.8. The predicted molar refractivity (Wildman–Crippen MR) is 136 cm³/mol. The lowest BCUT2D eigenvalue weighted by Crippen LogP contribution is -2.40. The number of carbonyl (C=O) groups excluding carboxylic acids is 1. The Kier molecular flexibility index (Phi) is 10.9. The number of halogens is 1. The Morgan fingerprint density at radius 3 is 2.66 bits per heavy atom. The Morgan fingerprint density at radius 1 is 1.25 bits per heavy atom. The molecule has 0 aliphatic rings. The van der Waals surface area contributed by atoms with Crippen molar-refractivity contribution in [1.82, 2.24) is 9.88 Å². The number of thioether (sulfide) groups is 1. The lowest BCUT2D eigenvalue weighted by Gasteiger charge is -2.29. The first-order valence-corrected chi connectivity index (χ1v) is 13.9. The molecule has 1 aromatic heterocycles. The molecule has 0 bridgehead atoms. The Bertz CT molecular complexity index is 925.